The molecule has 1 amide bonds. The first-order valence-corrected chi connectivity index (χ1v) is 10.9. The largest absolute Gasteiger partial charge is 0.321 e. The van der Waals surface area contributed by atoms with E-state index in [1.165, 1.54) is 0 Å². The van der Waals surface area contributed by atoms with Gasteiger partial charge in [-0.2, -0.15) is 5.10 Å². The quantitative estimate of drug-likeness (QED) is 0.460. The summed E-state index contributed by atoms with van der Waals surface area (Å²) in [4.78, 5) is 14.0. The van der Waals surface area contributed by atoms with Crippen LogP contribution in [0.4, 0.5) is 11.4 Å². The molecule has 3 heterocycles. The molecule has 4 aromatic rings. The van der Waals surface area contributed by atoms with Gasteiger partial charge in [0.1, 0.15) is 5.82 Å². The Hall–Kier alpha value is -4.24. The van der Waals surface area contributed by atoms with Crippen LogP contribution in [0.2, 0.25) is 0 Å². The van der Waals surface area contributed by atoms with Crippen molar-refractivity contribution >= 4 is 35.3 Å². The number of hydrogen-bond donors (Lipinski definition) is 2. The highest BCUT2D eigenvalue weighted by Gasteiger charge is 2.62. The van der Waals surface area contributed by atoms with Crippen LogP contribution in [-0.2, 0) is 10.5 Å². The maximum atomic E-state index is 14.0. The molecule has 0 saturated heterocycles. The van der Waals surface area contributed by atoms with Crippen molar-refractivity contribution in [1.29, 1.82) is 0 Å². The van der Waals surface area contributed by atoms with Crippen molar-refractivity contribution in [2.45, 2.75) is 12.6 Å². The lowest BCUT2D eigenvalue weighted by Crippen LogP contribution is -2.62. The number of benzene rings is 3. The Morgan fingerprint density at radius 1 is 0.909 bits per heavy atom. The van der Waals surface area contributed by atoms with Crippen LogP contribution in [0.1, 0.15) is 17.0 Å². The second-order valence-electron chi connectivity index (χ2n) is 7.81. The number of nitrogens with one attached hydrogen (secondary N) is 2. The fourth-order valence-corrected chi connectivity index (χ4v) is 4.79. The van der Waals surface area contributed by atoms with Gasteiger partial charge in [-0.25, -0.2) is 14.7 Å². The number of carbonyl (C=O) groups is 1. The summed E-state index contributed by atoms with van der Waals surface area (Å²) in [5.41, 5.74) is 1.76. The number of aromatic amines is 1. The molecule has 0 fully saturated rings. The summed E-state index contributed by atoms with van der Waals surface area (Å²) in [6, 6.07) is 27.1. The van der Waals surface area contributed by atoms with Crippen LogP contribution in [0, 0.1) is 11.7 Å². The average Bonchev–Trinajstić information content (AvgIpc) is 3.47. The van der Waals surface area contributed by atoms with E-state index >= 15 is 0 Å². The van der Waals surface area contributed by atoms with Crippen LogP contribution in [-0.4, -0.2) is 26.6 Å². The molecule has 1 aromatic heterocycles. The smallest absolute Gasteiger partial charge is 0.280 e. The molecule has 2 N–H and O–H groups in total. The summed E-state index contributed by atoms with van der Waals surface area (Å²) in [6.07, 6.45) is 0. The Morgan fingerprint density at radius 3 is 2.27 bits per heavy atom. The highest BCUT2D eigenvalue weighted by molar-refractivity contribution is 7.71. The molecule has 0 saturated carbocycles. The summed E-state index contributed by atoms with van der Waals surface area (Å²) >= 11 is 5.62. The number of hydrazone groups is 1. The molecule has 2 aliphatic heterocycles. The molecular weight excluding hydrogens is 434 g/mol. The van der Waals surface area contributed by atoms with Crippen LogP contribution in [0.3, 0.4) is 0 Å². The zero-order valence-corrected chi connectivity index (χ0v) is 18.5. The zero-order valence-electron chi connectivity index (χ0n) is 17.6. The molecule has 3 aromatic carbocycles. The van der Waals surface area contributed by atoms with Gasteiger partial charge >= 0.3 is 0 Å². The molecule has 0 aliphatic carbocycles. The number of rotatable bonds is 3. The first-order valence-electron chi connectivity index (χ1n) is 10.5. The normalized spacial score (nSPS) is 19.1. The van der Waals surface area contributed by atoms with E-state index in [0.717, 1.165) is 22.5 Å². The lowest BCUT2D eigenvalue weighted by Gasteiger charge is -2.40. The topological polar surface area (TPSA) is 81.6 Å². The minimum Gasteiger partial charge on any atom is -0.321 e. The molecule has 0 bridgehead atoms. The molecular formula is C24H19N7OS. The number of nitrogens with zero attached hydrogens (tertiary/aromatic N) is 5. The average molecular weight is 454 g/mol. The minimum absolute atomic E-state index is 0.232. The minimum atomic E-state index is -1.35. The van der Waals surface area contributed by atoms with Crippen LogP contribution in [0.15, 0.2) is 90.0 Å². The summed E-state index contributed by atoms with van der Waals surface area (Å²) in [6.45, 7) is 1.84. The first kappa shape index (κ1) is 19.4. The molecule has 1 spiro atoms. The lowest BCUT2D eigenvalue weighted by molar-refractivity contribution is -0.120. The Morgan fingerprint density at radius 2 is 1.58 bits per heavy atom. The first-order chi connectivity index (χ1) is 16.1. The van der Waals surface area contributed by atoms with Crippen molar-refractivity contribution in [1.82, 2.24) is 14.9 Å². The molecule has 162 valence electrons. The predicted molar refractivity (Wildman–Crippen MR) is 129 cm³/mol. The Balaban J connectivity index is 1.73. The molecule has 1 atom stereocenters. The van der Waals surface area contributed by atoms with Crippen molar-refractivity contribution in [2.24, 2.45) is 5.10 Å². The van der Waals surface area contributed by atoms with Gasteiger partial charge < -0.3 is 5.32 Å². The van der Waals surface area contributed by atoms with Gasteiger partial charge in [-0.1, -0.05) is 66.7 Å². The molecule has 0 radical (unpaired) electrons. The highest BCUT2D eigenvalue weighted by Crippen LogP contribution is 2.48. The molecule has 9 heteroatoms. The van der Waals surface area contributed by atoms with E-state index in [1.807, 2.05) is 96.9 Å². The number of hydrogen-bond acceptors (Lipinski definition) is 6. The third kappa shape index (κ3) is 2.63. The standard InChI is InChI=1S/C24H19N7OS/c1-16-26-27-23(33)29(16)31-21(17-10-4-2-5-11-17)28-30(18-12-6-3-7-13-18)24(31)19-14-8-9-15-20(19)25-22(24)32/h2-15H,1H3,(H,25,32)(H,27,33). The van der Waals surface area contributed by atoms with E-state index in [0.29, 0.717) is 16.4 Å². The maximum absolute atomic E-state index is 14.0. The highest BCUT2D eigenvalue weighted by atomic mass is 32.1. The number of para-hydroxylation sites is 2. The van der Waals surface area contributed by atoms with Crippen LogP contribution < -0.4 is 15.3 Å². The summed E-state index contributed by atoms with van der Waals surface area (Å²) < 4.78 is 2.11. The van der Waals surface area contributed by atoms with Crippen molar-refractivity contribution in [3.8, 4) is 0 Å². The second-order valence-corrected chi connectivity index (χ2v) is 8.20. The number of aryl methyl sites for hydroxylation is 1. The monoisotopic (exact) mass is 453 g/mol. The van der Waals surface area contributed by atoms with E-state index < -0.39 is 5.66 Å². The van der Waals surface area contributed by atoms with E-state index in [9.17, 15) is 4.79 Å². The fourth-order valence-electron chi connectivity index (χ4n) is 4.53. The predicted octanol–water partition coefficient (Wildman–Crippen LogP) is 3.87. The molecule has 33 heavy (non-hydrogen) atoms. The van der Waals surface area contributed by atoms with Crippen molar-refractivity contribution < 1.29 is 4.79 Å². The van der Waals surface area contributed by atoms with Gasteiger partial charge in [0.2, 0.25) is 4.77 Å². The number of carbonyl (C=O) groups excluding carboxylic acids is 1. The Bertz CT molecular complexity index is 1460. The molecule has 2 aliphatic rings. The maximum Gasteiger partial charge on any atom is 0.280 e. The number of H-pyrrole nitrogens is 1. The Kier molecular flexibility index (Phi) is 4.21. The van der Waals surface area contributed by atoms with Gasteiger partial charge in [-0.15, -0.1) is 5.10 Å². The van der Waals surface area contributed by atoms with Gasteiger partial charge in [-0.3, -0.25) is 9.89 Å². The van der Waals surface area contributed by atoms with Gasteiger partial charge in [-0.05, 0) is 37.3 Å². The number of anilines is 2. The van der Waals surface area contributed by atoms with Crippen molar-refractivity contribution in [3.63, 3.8) is 0 Å². The molecule has 8 nitrogen and oxygen atoms in total. The Labute approximate surface area is 194 Å². The van der Waals surface area contributed by atoms with Crippen molar-refractivity contribution in [3.05, 3.63) is 107 Å². The van der Waals surface area contributed by atoms with Crippen LogP contribution in [0.5, 0.6) is 0 Å². The number of aromatic nitrogens is 3. The second kappa shape index (κ2) is 7.14. The van der Waals surface area contributed by atoms with Gasteiger partial charge in [0.05, 0.1) is 5.69 Å². The van der Waals surface area contributed by atoms with Crippen LogP contribution >= 0.6 is 12.2 Å². The van der Waals surface area contributed by atoms with E-state index in [4.69, 9.17) is 17.3 Å². The summed E-state index contributed by atoms with van der Waals surface area (Å²) in [5, 5.41) is 18.9. The molecule has 1 unspecified atom stereocenters. The van der Waals surface area contributed by atoms with E-state index in [2.05, 4.69) is 15.5 Å². The fraction of sp³-hybridized carbons (Fsp3) is 0.0833. The zero-order chi connectivity index (χ0) is 22.6. The van der Waals surface area contributed by atoms with Crippen molar-refractivity contribution in [2.75, 3.05) is 15.3 Å². The number of amidine groups is 1. The number of amides is 1. The molecule has 6 rings (SSSR count). The summed E-state index contributed by atoms with van der Waals surface area (Å²) in [5.74, 6) is 0.951. The third-order valence-electron chi connectivity index (χ3n) is 5.92. The summed E-state index contributed by atoms with van der Waals surface area (Å²) in [7, 11) is 0. The van der Waals surface area contributed by atoms with Gasteiger partial charge in [0.15, 0.2) is 5.84 Å². The number of fused-ring (bicyclic) bond motifs is 2. The van der Waals surface area contributed by atoms with E-state index in [1.54, 1.807) is 9.69 Å². The van der Waals surface area contributed by atoms with Crippen LogP contribution in [0.25, 0.3) is 0 Å². The SMILES string of the molecule is Cc1n[nH]c(=S)n1N1C(c2ccccc2)=NN(c2ccccc2)C12C(=O)Nc1ccccc12. The van der Waals surface area contributed by atoms with E-state index in [-0.39, 0.29) is 5.91 Å². The third-order valence-corrected chi connectivity index (χ3v) is 6.19. The van der Waals surface area contributed by atoms with Gasteiger partial charge in [0, 0.05) is 16.8 Å². The lowest BCUT2D eigenvalue weighted by atomic mass is 9.98. The van der Waals surface area contributed by atoms with Gasteiger partial charge in [0.25, 0.3) is 11.6 Å².